The number of carbonyl (C=O) groups excluding carboxylic acids is 2. The molecule has 2 aromatic rings. The molecule has 7 nitrogen and oxygen atoms in total. The second-order valence-corrected chi connectivity index (χ2v) is 5.08. The van der Waals surface area contributed by atoms with E-state index in [1.54, 1.807) is 30.1 Å². The number of nitrogens with one attached hydrogen (secondary N) is 1. The zero-order valence-electron chi connectivity index (χ0n) is 11.4. The lowest BCUT2D eigenvalue weighted by Crippen LogP contribution is -2.21. The van der Waals surface area contributed by atoms with Crippen molar-refractivity contribution in [3.8, 4) is 6.07 Å². The molecular weight excluding hydrogens is 292 g/mol. The van der Waals surface area contributed by atoms with Gasteiger partial charge >= 0.3 is 5.97 Å². The van der Waals surface area contributed by atoms with Crippen molar-refractivity contribution in [2.24, 2.45) is 7.05 Å². The maximum absolute atomic E-state index is 11.8. The number of aromatic nitrogens is 2. The lowest BCUT2D eigenvalue weighted by atomic mass is 10.3. The third-order valence-electron chi connectivity index (χ3n) is 2.83. The maximum atomic E-state index is 11.8. The topological polar surface area (TPSA) is 97.0 Å². The highest BCUT2D eigenvalue weighted by molar-refractivity contribution is 7.14. The van der Waals surface area contributed by atoms with Gasteiger partial charge in [0.25, 0.3) is 5.91 Å². The summed E-state index contributed by atoms with van der Waals surface area (Å²) in [7, 11) is 1.71. The summed E-state index contributed by atoms with van der Waals surface area (Å²) in [5.41, 5.74) is 1.35. The Morgan fingerprint density at radius 2 is 2.33 bits per heavy atom. The molecule has 0 bridgehead atoms. The van der Waals surface area contributed by atoms with Gasteiger partial charge in [0.1, 0.15) is 16.6 Å². The molecule has 0 aliphatic heterocycles. The summed E-state index contributed by atoms with van der Waals surface area (Å²) in [6.45, 7) is 1.31. The fourth-order valence-corrected chi connectivity index (χ4v) is 2.32. The molecule has 0 aromatic carbocycles. The van der Waals surface area contributed by atoms with Gasteiger partial charge in [0.15, 0.2) is 6.61 Å². The van der Waals surface area contributed by atoms with Gasteiger partial charge in [0.2, 0.25) is 0 Å². The summed E-state index contributed by atoms with van der Waals surface area (Å²) in [5.74, 6) is -1.11. The summed E-state index contributed by atoms with van der Waals surface area (Å²) in [5, 5.41) is 17.4. The SMILES string of the molecule is Cc1c(C(=O)OCC(=O)Nc2sccc2C#N)cnn1C. The number of amides is 1. The molecule has 8 heteroatoms. The van der Waals surface area contributed by atoms with Crippen molar-refractivity contribution in [2.45, 2.75) is 6.92 Å². The van der Waals surface area contributed by atoms with Gasteiger partial charge in [0.05, 0.1) is 11.8 Å². The predicted octanol–water partition coefficient (Wildman–Crippen LogP) is 1.46. The summed E-state index contributed by atoms with van der Waals surface area (Å²) < 4.78 is 6.47. The van der Waals surface area contributed by atoms with Crippen LogP contribution < -0.4 is 5.32 Å². The van der Waals surface area contributed by atoms with Crippen LogP contribution in [-0.2, 0) is 16.6 Å². The number of aryl methyl sites for hydroxylation is 1. The second kappa shape index (κ2) is 6.19. The van der Waals surface area contributed by atoms with Crippen LogP contribution in [0.4, 0.5) is 5.00 Å². The molecule has 0 atom stereocenters. The number of ether oxygens (including phenoxy) is 1. The quantitative estimate of drug-likeness (QED) is 0.862. The van der Waals surface area contributed by atoms with Gasteiger partial charge in [-0.3, -0.25) is 9.48 Å². The van der Waals surface area contributed by atoms with Crippen molar-refractivity contribution in [3.05, 3.63) is 34.5 Å². The van der Waals surface area contributed by atoms with Gasteiger partial charge in [-0.15, -0.1) is 11.3 Å². The molecule has 1 N–H and O–H groups in total. The van der Waals surface area contributed by atoms with E-state index in [0.29, 0.717) is 21.8 Å². The normalized spacial score (nSPS) is 9.95. The monoisotopic (exact) mass is 304 g/mol. The Hall–Kier alpha value is -2.66. The van der Waals surface area contributed by atoms with Gasteiger partial charge < -0.3 is 10.1 Å². The zero-order valence-corrected chi connectivity index (χ0v) is 12.2. The van der Waals surface area contributed by atoms with Gasteiger partial charge in [-0.05, 0) is 18.4 Å². The van der Waals surface area contributed by atoms with E-state index in [1.807, 2.05) is 6.07 Å². The van der Waals surface area contributed by atoms with E-state index >= 15 is 0 Å². The molecule has 0 fully saturated rings. The number of carbonyl (C=O) groups is 2. The van der Waals surface area contributed by atoms with Crippen LogP contribution in [0.1, 0.15) is 21.6 Å². The Balaban J connectivity index is 1.91. The van der Waals surface area contributed by atoms with E-state index < -0.39 is 18.5 Å². The number of hydrogen-bond donors (Lipinski definition) is 1. The highest BCUT2D eigenvalue weighted by Crippen LogP contribution is 2.21. The Bertz CT molecular complexity index is 726. The molecule has 0 radical (unpaired) electrons. The van der Waals surface area contributed by atoms with Gasteiger partial charge in [0, 0.05) is 12.7 Å². The Kier molecular flexibility index (Phi) is 4.35. The van der Waals surface area contributed by atoms with Crippen molar-refractivity contribution in [3.63, 3.8) is 0 Å². The molecule has 2 aromatic heterocycles. The summed E-state index contributed by atoms with van der Waals surface area (Å²) in [6, 6.07) is 3.56. The molecule has 108 valence electrons. The molecule has 2 rings (SSSR count). The number of hydrogen-bond acceptors (Lipinski definition) is 6. The molecule has 21 heavy (non-hydrogen) atoms. The van der Waals surface area contributed by atoms with Crippen LogP contribution in [0.3, 0.4) is 0 Å². The highest BCUT2D eigenvalue weighted by atomic mass is 32.1. The highest BCUT2D eigenvalue weighted by Gasteiger charge is 2.16. The summed E-state index contributed by atoms with van der Waals surface area (Å²) in [4.78, 5) is 23.5. The standard InChI is InChI=1S/C13H12N4O3S/c1-8-10(6-15-17(8)2)13(19)20-7-11(18)16-12-9(5-14)3-4-21-12/h3-4,6H,7H2,1-2H3,(H,16,18). The van der Waals surface area contributed by atoms with Crippen molar-refractivity contribution < 1.29 is 14.3 Å². The summed E-state index contributed by atoms with van der Waals surface area (Å²) in [6.07, 6.45) is 1.39. The Morgan fingerprint density at radius 3 is 2.95 bits per heavy atom. The van der Waals surface area contributed by atoms with E-state index in [-0.39, 0.29) is 0 Å². The molecule has 0 aliphatic rings. The van der Waals surface area contributed by atoms with E-state index in [4.69, 9.17) is 10.00 Å². The van der Waals surface area contributed by atoms with Crippen LogP contribution in [-0.4, -0.2) is 28.3 Å². The molecule has 0 unspecified atom stereocenters. The number of nitrogens with zero attached hydrogens (tertiary/aromatic N) is 3. The van der Waals surface area contributed by atoms with Crippen LogP contribution in [0.15, 0.2) is 17.6 Å². The lowest BCUT2D eigenvalue weighted by Gasteiger charge is -2.05. The summed E-state index contributed by atoms with van der Waals surface area (Å²) >= 11 is 1.23. The van der Waals surface area contributed by atoms with Crippen LogP contribution in [0, 0.1) is 18.3 Å². The van der Waals surface area contributed by atoms with Crippen molar-refractivity contribution in [1.82, 2.24) is 9.78 Å². The van der Waals surface area contributed by atoms with Crippen LogP contribution in [0.2, 0.25) is 0 Å². The first kappa shape index (κ1) is 14.7. The van der Waals surface area contributed by atoms with Crippen molar-refractivity contribution in [1.29, 1.82) is 5.26 Å². The average molecular weight is 304 g/mol. The largest absolute Gasteiger partial charge is 0.452 e. The molecule has 0 aliphatic carbocycles. The Morgan fingerprint density at radius 1 is 1.57 bits per heavy atom. The first-order chi connectivity index (χ1) is 10.0. The first-order valence-corrected chi connectivity index (χ1v) is 6.84. The van der Waals surface area contributed by atoms with E-state index in [1.165, 1.54) is 17.5 Å². The number of anilines is 1. The number of esters is 1. The number of nitriles is 1. The zero-order chi connectivity index (χ0) is 15.4. The minimum Gasteiger partial charge on any atom is -0.452 e. The number of thiophene rings is 1. The predicted molar refractivity (Wildman–Crippen MR) is 75.9 cm³/mol. The van der Waals surface area contributed by atoms with Crippen LogP contribution in [0.5, 0.6) is 0 Å². The first-order valence-electron chi connectivity index (χ1n) is 5.96. The molecule has 0 saturated carbocycles. The van der Waals surface area contributed by atoms with E-state index in [0.717, 1.165) is 0 Å². The maximum Gasteiger partial charge on any atom is 0.342 e. The smallest absolute Gasteiger partial charge is 0.342 e. The lowest BCUT2D eigenvalue weighted by molar-refractivity contribution is -0.119. The molecular formula is C13H12N4O3S. The Labute approximate surface area is 124 Å². The van der Waals surface area contributed by atoms with E-state index in [9.17, 15) is 9.59 Å². The third kappa shape index (κ3) is 3.27. The van der Waals surface area contributed by atoms with Crippen molar-refractivity contribution >= 4 is 28.2 Å². The molecule has 0 saturated heterocycles. The molecule has 0 spiro atoms. The van der Waals surface area contributed by atoms with E-state index in [2.05, 4.69) is 10.4 Å². The fourth-order valence-electron chi connectivity index (χ4n) is 1.56. The number of rotatable bonds is 4. The van der Waals surface area contributed by atoms with Gasteiger partial charge in [-0.25, -0.2) is 4.79 Å². The fraction of sp³-hybridized carbons (Fsp3) is 0.231. The van der Waals surface area contributed by atoms with Crippen molar-refractivity contribution in [2.75, 3.05) is 11.9 Å². The molecule has 2 heterocycles. The van der Waals surface area contributed by atoms with Gasteiger partial charge in [-0.1, -0.05) is 0 Å². The second-order valence-electron chi connectivity index (χ2n) is 4.17. The minimum absolute atomic E-state index is 0.319. The van der Waals surface area contributed by atoms with Crippen LogP contribution in [0.25, 0.3) is 0 Å². The molecule has 1 amide bonds. The van der Waals surface area contributed by atoms with Gasteiger partial charge in [-0.2, -0.15) is 10.4 Å². The third-order valence-corrected chi connectivity index (χ3v) is 3.66. The van der Waals surface area contributed by atoms with Crippen LogP contribution >= 0.6 is 11.3 Å². The minimum atomic E-state index is -0.609. The average Bonchev–Trinajstić information content (AvgIpc) is 3.04.